The second-order valence-corrected chi connectivity index (χ2v) is 6.33. The minimum Gasteiger partial charge on any atom is -0.350 e. The van der Waals surface area contributed by atoms with Crippen LogP contribution >= 0.6 is 11.6 Å². The highest BCUT2D eigenvalue weighted by Crippen LogP contribution is 2.22. The second kappa shape index (κ2) is 7.07. The Hall–Kier alpha value is -2.66. The van der Waals surface area contributed by atoms with Gasteiger partial charge in [0.2, 0.25) is 5.91 Å². The van der Waals surface area contributed by atoms with Gasteiger partial charge in [0.15, 0.2) is 0 Å². The van der Waals surface area contributed by atoms with E-state index in [0.29, 0.717) is 16.1 Å². The molecule has 1 atom stereocenters. The van der Waals surface area contributed by atoms with Crippen LogP contribution in [0.3, 0.4) is 0 Å². The van der Waals surface area contributed by atoms with Gasteiger partial charge in [-0.2, -0.15) is 0 Å². The van der Waals surface area contributed by atoms with Crippen LogP contribution in [-0.4, -0.2) is 29.2 Å². The number of carbonyl (C=O) groups excluding carboxylic acids is 3. The molecule has 1 aliphatic heterocycles. The Morgan fingerprint density at radius 2 is 1.60 bits per heavy atom. The van der Waals surface area contributed by atoms with Gasteiger partial charge in [0, 0.05) is 18.0 Å². The molecule has 2 aromatic carbocycles. The summed E-state index contributed by atoms with van der Waals surface area (Å²) >= 11 is 5.85. The summed E-state index contributed by atoms with van der Waals surface area (Å²) in [5, 5.41) is 3.49. The first-order valence-corrected chi connectivity index (χ1v) is 8.35. The molecule has 0 bridgehead atoms. The lowest BCUT2D eigenvalue weighted by Gasteiger charge is -2.17. The van der Waals surface area contributed by atoms with Gasteiger partial charge in [-0.25, -0.2) is 0 Å². The van der Waals surface area contributed by atoms with Crippen molar-refractivity contribution in [2.75, 3.05) is 6.54 Å². The third kappa shape index (κ3) is 3.56. The van der Waals surface area contributed by atoms with Gasteiger partial charge in [-0.05, 0) is 36.8 Å². The van der Waals surface area contributed by atoms with E-state index in [0.717, 1.165) is 10.5 Å². The van der Waals surface area contributed by atoms with E-state index in [1.807, 2.05) is 19.1 Å². The number of hydrogen-bond donors (Lipinski definition) is 1. The number of benzene rings is 2. The zero-order valence-corrected chi connectivity index (χ0v) is 14.4. The third-order valence-corrected chi connectivity index (χ3v) is 4.44. The summed E-state index contributed by atoms with van der Waals surface area (Å²) in [5.74, 6) is -0.919. The molecule has 0 saturated heterocycles. The molecular weight excluding hydrogens is 340 g/mol. The Labute approximate surface area is 150 Å². The van der Waals surface area contributed by atoms with E-state index in [1.54, 1.807) is 36.4 Å². The summed E-state index contributed by atoms with van der Waals surface area (Å²) in [7, 11) is 0. The van der Waals surface area contributed by atoms with Gasteiger partial charge in [-0.3, -0.25) is 19.3 Å². The van der Waals surface area contributed by atoms with E-state index in [2.05, 4.69) is 5.32 Å². The van der Waals surface area contributed by atoms with Gasteiger partial charge >= 0.3 is 0 Å². The quantitative estimate of drug-likeness (QED) is 0.836. The first kappa shape index (κ1) is 17.2. The van der Waals surface area contributed by atoms with E-state index < -0.39 is 0 Å². The molecule has 0 aliphatic carbocycles. The number of fused-ring (bicyclic) bond motifs is 1. The maximum Gasteiger partial charge on any atom is 0.261 e. The molecule has 0 radical (unpaired) electrons. The van der Waals surface area contributed by atoms with Crippen LogP contribution in [0.25, 0.3) is 0 Å². The number of hydrogen-bond acceptors (Lipinski definition) is 3. The number of carbonyl (C=O) groups is 3. The van der Waals surface area contributed by atoms with Crippen molar-refractivity contribution in [3.8, 4) is 0 Å². The first-order chi connectivity index (χ1) is 12.0. The van der Waals surface area contributed by atoms with Gasteiger partial charge in [0.05, 0.1) is 17.2 Å². The first-order valence-electron chi connectivity index (χ1n) is 7.97. The molecule has 1 N–H and O–H groups in total. The minimum atomic E-state index is -0.348. The van der Waals surface area contributed by atoms with Gasteiger partial charge in [-0.1, -0.05) is 35.9 Å². The van der Waals surface area contributed by atoms with E-state index in [9.17, 15) is 14.4 Å². The maximum atomic E-state index is 12.3. The van der Waals surface area contributed by atoms with Gasteiger partial charge in [0.1, 0.15) is 0 Å². The molecule has 0 unspecified atom stereocenters. The van der Waals surface area contributed by atoms with Crippen LogP contribution < -0.4 is 5.32 Å². The SMILES string of the molecule is C[C@@H](NC(=O)CCN1C(=O)c2ccccc2C1=O)c1ccc(Cl)cc1. The van der Waals surface area contributed by atoms with E-state index in [4.69, 9.17) is 11.6 Å². The fraction of sp³-hybridized carbons (Fsp3) is 0.211. The normalized spacial score (nSPS) is 14.4. The lowest BCUT2D eigenvalue weighted by atomic mass is 10.1. The molecule has 0 aromatic heterocycles. The molecule has 2 aromatic rings. The summed E-state index contributed by atoms with van der Waals surface area (Å²) in [6.07, 6.45) is 0.0589. The summed E-state index contributed by atoms with van der Waals surface area (Å²) in [6, 6.07) is 13.7. The van der Waals surface area contributed by atoms with Crippen molar-refractivity contribution in [1.82, 2.24) is 10.2 Å². The van der Waals surface area contributed by atoms with Gasteiger partial charge in [0.25, 0.3) is 11.8 Å². The average Bonchev–Trinajstić information content (AvgIpc) is 2.85. The number of nitrogens with one attached hydrogen (secondary N) is 1. The third-order valence-electron chi connectivity index (χ3n) is 4.19. The molecule has 128 valence electrons. The number of imide groups is 1. The summed E-state index contributed by atoms with van der Waals surface area (Å²) in [6.45, 7) is 1.93. The summed E-state index contributed by atoms with van der Waals surface area (Å²) in [5.41, 5.74) is 1.71. The van der Waals surface area contributed by atoms with Crippen LogP contribution in [0.1, 0.15) is 45.7 Å². The van der Waals surface area contributed by atoms with Gasteiger partial charge in [-0.15, -0.1) is 0 Å². The van der Waals surface area contributed by atoms with Crippen molar-refractivity contribution in [3.63, 3.8) is 0 Å². The van der Waals surface area contributed by atoms with Crippen LogP contribution in [0.2, 0.25) is 5.02 Å². The molecular formula is C19H17ClN2O3. The molecule has 1 heterocycles. The van der Waals surface area contributed by atoms with E-state index >= 15 is 0 Å². The van der Waals surface area contributed by atoms with E-state index in [1.165, 1.54) is 0 Å². The van der Waals surface area contributed by atoms with Crippen molar-refractivity contribution in [2.24, 2.45) is 0 Å². The lowest BCUT2D eigenvalue weighted by Crippen LogP contribution is -2.35. The molecule has 0 fully saturated rings. The highest BCUT2D eigenvalue weighted by molar-refractivity contribution is 6.30. The van der Waals surface area contributed by atoms with Crippen LogP contribution in [-0.2, 0) is 4.79 Å². The van der Waals surface area contributed by atoms with Crippen molar-refractivity contribution >= 4 is 29.3 Å². The zero-order chi connectivity index (χ0) is 18.0. The number of halogens is 1. The second-order valence-electron chi connectivity index (χ2n) is 5.90. The zero-order valence-electron chi connectivity index (χ0n) is 13.7. The fourth-order valence-corrected chi connectivity index (χ4v) is 2.93. The predicted molar refractivity (Wildman–Crippen MR) is 94.4 cm³/mol. The standard InChI is InChI=1S/C19H17ClN2O3/c1-12(13-6-8-14(20)9-7-13)21-17(23)10-11-22-18(24)15-4-2-3-5-16(15)19(22)25/h2-9,12H,10-11H2,1H3,(H,21,23)/t12-/m1/s1. The van der Waals surface area contributed by atoms with E-state index in [-0.39, 0.29) is 36.7 Å². The molecule has 6 heteroatoms. The highest BCUT2D eigenvalue weighted by Gasteiger charge is 2.34. The molecule has 25 heavy (non-hydrogen) atoms. The summed E-state index contributed by atoms with van der Waals surface area (Å²) < 4.78 is 0. The van der Waals surface area contributed by atoms with Crippen molar-refractivity contribution < 1.29 is 14.4 Å². The molecule has 0 spiro atoms. The number of rotatable bonds is 5. The Balaban J connectivity index is 1.57. The smallest absolute Gasteiger partial charge is 0.261 e. The van der Waals surface area contributed by atoms with Gasteiger partial charge < -0.3 is 5.32 Å². The highest BCUT2D eigenvalue weighted by atomic mass is 35.5. The van der Waals surface area contributed by atoms with Crippen molar-refractivity contribution in [1.29, 1.82) is 0 Å². The maximum absolute atomic E-state index is 12.3. The molecule has 5 nitrogen and oxygen atoms in total. The van der Waals surface area contributed by atoms with Crippen LogP contribution in [0.5, 0.6) is 0 Å². The molecule has 3 rings (SSSR count). The van der Waals surface area contributed by atoms with Crippen LogP contribution in [0.4, 0.5) is 0 Å². The Morgan fingerprint density at radius 3 is 2.16 bits per heavy atom. The Bertz CT molecular complexity index is 798. The van der Waals surface area contributed by atoms with Crippen molar-refractivity contribution in [3.05, 3.63) is 70.2 Å². The summed E-state index contributed by atoms with van der Waals surface area (Å²) in [4.78, 5) is 37.8. The minimum absolute atomic E-state index is 0.0589. The predicted octanol–water partition coefficient (Wildman–Crippen LogP) is 3.20. The van der Waals surface area contributed by atoms with Crippen LogP contribution in [0.15, 0.2) is 48.5 Å². The molecule has 0 saturated carbocycles. The Morgan fingerprint density at radius 1 is 1.04 bits per heavy atom. The monoisotopic (exact) mass is 356 g/mol. The van der Waals surface area contributed by atoms with Crippen LogP contribution in [0, 0.1) is 0 Å². The topological polar surface area (TPSA) is 66.5 Å². The number of nitrogens with zero attached hydrogens (tertiary/aromatic N) is 1. The molecule has 1 aliphatic rings. The Kier molecular flexibility index (Phi) is 4.86. The number of amides is 3. The lowest BCUT2D eigenvalue weighted by molar-refractivity contribution is -0.121. The van der Waals surface area contributed by atoms with Crippen molar-refractivity contribution in [2.45, 2.75) is 19.4 Å². The fourth-order valence-electron chi connectivity index (χ4n) is 2.80. The molecule has 3 amide bonds. The largest absolute Gasteiger partial charge is 0.350 e. The average molecular weight is 357 g/mol.